The first-order valence-electron chi connectivity index (χ1n) is 11.1. The quantitative estimate of drug-likeness (QED) is 0.503. The molecule has 2 saturated heterocycles. The Morgan fingerprint density at radius 3 is 2.44 bits per heavy atom. The number of thiazole rings is 1. The predicted molar refractivity (Wildman–Crippen MR) is 125 cm³/mol. The molecule has 0 radical (unpaired) electrons. The van der Waals surface area contributed by atoms with Crippen LogP contribution in [0, 0.1) is 0 Å². The van der Waals surface area contributed by atoms with E-state index in [2.05, 4.69) is 27.3 Å². The number of nitrogens with one attached hydrogen (secondary N) is 1. The van der Waals surface area contributed by atoms with Gasteiger partial charge < -0.3 is 15.2 Å². The van der Waals surface area contributed by atoms with Crippen LogP contribution in [-0.2, 0) is 13.2 Å². The second kappa shape index (κ2) is 9.30. The number of aromatic carboxylic acids is 1. The van der Waals surface area contributed by atoms with E-state index in [1.54, 1.807) is 23.5 Å². The fourth-order valence-corrected chi connectivity index (χ4v) is 5.51. The smallest absolute Gasteiger partial charge is 0.335 e. The van der Waals surface area contributed by atoms with Crippen molar-refractivity contribution in [2.75, 3.05) is 5.32 Å². The maximum Gasteiger partial charge on any atom is 0.335 e. The molecule has 1 unspecified atom stereocenters. The van der Waals surface area contributed by atoms with Gasteiger partial charge in [0.1, 0.15) is 12.4 Å². The van der Waals surface area contributed by atoms with E-state index in [1.807, 2.05) is 35.2 Å². The number of carboxylic acids is 1. The number of ether oxygens (including phenoxy) is 1. The molecule has 3 aromatic rings. The number of hydrogen-bond donors (Lipinski definition) is 2. The average Bonchev–Trinajstić information content (AvgIpc) is 3.39. The minimum atomic E-state index is -0.873. The third-order valence-corrected chi connectivity index (χ3v) is 7.18. The molecule has 2 aliphatic rings. The summed E-state index contributed by atoms with van der Waals surface area (Å²) in [5.74, 6) is -0.0186. The minimum absolute atomic E-state index is 0.346. The summed E-state index contributed by atoms with van der Waals surface area (Å²) >= 11 is 1.58. The lowest BCUT2D eigenvalue weighted by Crippen LogP contribution is -2.46. The number of fused-ring (bicyclic) bond motifs is 2. The van der Waals surface area contributed by atoms with Gasteiger partial charge in [-0.1, -0.05) is 12.1 Å². The fourth-order valence-electron chi connectivity index (χ4n) is 4.96. The van der Waals surface area contributed by atoms with Crippen molar-refractivity contribution in [3.63, 3.8) is 0 Å². The van der Waals surface area contributed by atoms with Crippen molar-refractivity contribution in [3.05, 3.63) is 76.2 Å². The zero-order valence-corrected chi connectivity index (χ0v) is 18.6. The largest absolute Gasteiger partial charge is 0.487 e. The fraction of sp³-hybridized carbons (Fsp3) is 0.360. The lowest BCUT2D eigenvalue weighted by atomic mass is 9.96. The first-order chi connectivity index (χ1) is 15.6. The molecule has 3 atom stereocenters. The minimum Gasteiger partial charge on any atom is -0.487 e. The SMILES string of the molecule is O=C(O)c1ccc(CN2[C@@H]3CC[C@H]2CC(Nc2ccc(OCc4cscn4)cc2)C3)cc1. The van der Waals surface area contributed by atoms with Crippen LogP contribution < -0.4 is 10.1 Å². The van der Waals surface area contributed by atoms with Crippen molar-refractivity contribution in [3.8, 4) is 5.75 Å². The molecule has 166 valence electrons. The average molecular weight is 450 g/mol. The summed E-state index contributed by atoms with van der Waals surface area (Å²) in [5, 5.41) is 14.8. The third kappa shape index (κ3) is 4.79. The standard InChI is InChI=1S/C25H27N3O3S/c29-25(30)18-3-1-17(2-4-18)13-28-22-7-8-23(28)12-20(11-22)27-19-5-9-24(10-6-19)31-14-21-15-32-16-26-21/h1-6,9-10,15-16,20,22-23,27H,7-8,11-14H2,(H,29,30)/t20?,22-,23+. The number of carbonyl (C=O) groups is 1. The maximum absolute atomic E-state index is 11.1. The van der Waals surface area contributed by atoms with E-state index in [0.29, 0.717) is 30.3 Å². The lowest BCUT2D eigenvalue weighted by molar-refractivity contribution is 0.0696. The van der Waals surface area contributed by atoms with E-state index >= 15 is 0 Å². The highest BCUT2D eigenvalue weighted by molar-refractivity contribution is 7.07. The van der Waals surface area contributed by atoms with E-state index in [0.717, 1.165) is 36.5 Å². The van der Waals surface area contributed by atoms with Crippen molar-refractivity contribution in [1.29, 1.82) is 0 Å². The van der Waals surface area contributed by atoms with Crippen LogP contribution in [0.1, 0.15) is 47.3 Å². The molecule has 2 bridgehead atoms. The van der Waals surface area contributed by atoms with Gasteiger partial charge in [-0.25, -0.2) is 9.78 Å². The van der Waals surface area contributed by atoms with Gasteiger partial charge in [-0.15, -0.1) is 11.3 Å². The van der Waals surface area contributed by atoms with Gasteiger partial charge in [0, 0.05) is 35.7 Å². The number of carboxylic acid groups (broad SMARTS) is 1. The molecule has 0 aliphatic carbocycles. The molecule has 0 amide bonds. The van der Waals surface area contributed by atoms with Gasteiger partial charge in [-0.3, -0.25) is 4.90 Å². The summed E-state index contributed by atoms with van der Waals surface area (Å²) < 4.78 is 5.81. The Morgan fingerprint density at radius 1 is 1.09 bits per heavy atom. The Kier molecular flexibility index (Phi) is 6.10. The topological polar surface area (TPSA) is 74.7 Å². The highest BCUT2D eigenvalue weighted by atomic mass is 32.1. The summed E-state index contributed by atoms with van der Waals surface area (Å²) in [6.45, 7) is 1.39. The third-order valence-electron chi connectivity index (χ3n) is 6.55. The predicted octanol–water partition coefficient (Wildman–Crippen LogP) is 5.03. The Morgan fingerprint density at radius 2 is 1.81 bits per heavy atom. The highest BCUT2D eigenvalue weighted by Crippen LogP contribution is 2.38. The van der Waals surface area contributed by atoms with Crippen LogP contribution in [0.15, 0.2) is 59.4 Å². The van der Waals surface area contributed by atoms with Crippen LogP contribution in [0.5, 0.6) is 5.75 Å². The van der Waals surface area contributed by atoms with E-state index in [-0.39, 0.29) is 0 Å². The summed E-state index contributed by atoms with van der Waals surface area (Å²) in [7, 11) is 0. The Labute approximate surface area is 191 Å². The second-order valence-corrected chi connectivity index (χ2v) is 9.38. The molecule has 3 heterocycles. The Balaban J connectivity index is 1.14. The van der Waals surface area contributed by atoms with E-state index < -0.39 is 5.97 Å². The lowest BCUT2D eigenvalue weighted by Gasteiger charge is -2.39. The monoisotopic (exact) mass is 449 g/mol. The number of hydrogen-bond acceptors (Lipinski definition) is 6. The first-order valence-corrected chi connectivity index (χ1v) is 12.0. The highest BCUT2D eigenvalue weighted by Gasteiger charge is 2.40. The van der Waals surface area contributed by atoms with Gasteiger partial charge in [0.05, 0.1) is 16.8 Å². The summed E-state index contributed by atoms with van der Waals surface area (Å²) in [6, 6.07) is 17.1. The zero-order chi connectivity index (χ0) is 21.9. The van der Waals surface area contributed by atoms with Crippen molar-refractivity contribution in [1.82, 2.24) is 9.88 Å². The number of anilines is 1. The molecular formula is C25H27N3O3S. The van der Waals surface area contributed by atoms with E-state index in [1.165, 1.54) is 18.4 Å². The molecular weight excluding hydrogens is 422 g/mol. The molecule has 1 aromatic heterocycles. The van der Waals surface area contributed by atoms with Gasteiger partial charge in [0.15, 0.2) is 0 Å². The molecule has 5 rings (SSSR count). The van der Waals surface area contributed by atoms with Crippen LogP contribution in [-0.4, -0.2) is 39.1 Å². The Bertz CT molecular complexity index is 1020. The van der Waals surface area contributed by atoms with E-state index in [9.17, 15) is 4.79 Å². The number of rotatable bonds is 8. The maximum atomic E-state index is 11.1. The number of piperidine rings is 1. The summed E-state index contributed by atoms with van der Waals surface area (Å²) in [6.07, 6.45) is 4.73. The van der Waals surface area contributed by atoms with Gasteiger partial charge >= 0.3 is 5.97 Å². The van der Waals surface area contributed by atoms with Crippen LogP contribution in [0.2, 0.25) is 0 Å². The molecule has 32 heavy (non-hydrogen) atoms. The van der Waals surface area contributed by atoms with Gasteiger partial charge in [0.2, 0.25) is 0 Å². The van der Waals surface area contributed by atoms with Crippen LogP contribution in [0.4, 0.5) is 5.69 Å². The van der Waals surface area contributed by atoms with Crippen LogP contribution in [0.3, 0.4) is 0 Å². The van der Waals surface area contributed by atoms with Crippen molar-refractivity contribution in [2.24, 2.45) is 0 Å². The summed E-state index contributed by atoms with van der Waals surface area (Å²) in [5.41, 5.74) is 5.44. The molecule has 0 spiro atoms. The van der Waals surface area contributed by atoms with Crippen LogP contribution >= 0.6 is 11.3 Å². The molecule has 0 saturated carbocycles. The van der Waals surface area contributed by atoms with Crippen molar-refractivity contribution in [2.45, 2.75) is 57.0 Å². The Hall–Kier alpha value is -2.90. The number of nitrogens with zero attached hydrogens (tertiary/aromatic N) is 2. The van der Waals surface area contributed by atoms with Crippen molar-refractivity contribution >= 4 is 23.0 Å². The molecule has 7 heteroatoms. The molecule has 2 aromatic carbocycles. The van der Waals surface area contributed by atoms with Crippen LogP contribution in [0.25, 0.3) is 0 Å². The normalized spacial score (nSPS) is 22.6. The van der Waals surface area contributed by atoms with Gasteiger partial charge in [-0.2, -0.15) is 0 Å². The molecule has 2 fully saturated rings. The first kappa shape index (κ1) is 21.0. The molecule has 2 N–H and O–H groups in total. The molecule has 2 aliphatic heterocycles. The van der Waals surface area contributed by atoms with E-state index in [4.69, 9.17) is 9.84 Å². The van der Waals surface area contributed by atoms with Gasteiger partial charge in [-0.05, 0) is 67.6 Å². The summed E-state index contributed by atoms with van der Waals surface area (Å²) in [4.78, 5) is 17.9. The zero-order valence-electron chi connectivity index (χ0n) is 17.8. The molecule has 6 nitrogen and oxygen atoms in total. The van der Waals surface area contributed by atoms with Gasteiger partial charge in [0.25, 0.3) is 0 Å². The number of benzene rings is 2. The van der Waals surface area contributed by atoms with Crippen molar-refractivity contribution < 1.29 is 14.6 Å². The second-order valence-electron chi connectivity index (χ2n) is 8.66. The number of aromatic nitrogens is 1.